The van der Waals surface area contributed by atoms with Crippen molar-refractivity contribution in [1.29, 1.82) is 0 Å². The van der Waals surface area contributed by atoms with Crippen molar-refractivity contribution < 1.29 is 42.5 Å². The summed E-state index contributed by atoms with van der Waals surface area (Å²) < 4.78 is 33.0. The number of para-hydroxylation sites is 1. The van der Waals surface area contributed by atoms with E-state index >= 15 is 0 Å². The van der Waals surface area contributed by atoms with Gasteiger partial charge >= 0.3 is 29.6 Å². The molecule has 4 aromatic carbocycles. The summed E-state index contributed by atoms with van der Waals surface area (Å²) in [7, 11) is -4.49. The van der Waals surface area contributed by atoms with Crippen molar-refractivity contribution in [3.63, 3.8) is 0 Å². The van der Waals surface area contributed by atoms with Crippen LogP contribution in [0.3, 0.4) is 0 Å². The molecule has 0 bridgehead atoms. The van der Waals surface area contributed by atoms with Gasteiger partial charge in [0, 0.05) is 16.5 Å². The van der Waals surface area contributed by atoms with E-state index < -0.39 is 10.1 Å². The van der Waals surface area contributed by atoms with Crippen LogP contribution in [0.25, 0.3) is 22.2 Å². The van der Waals surface area contributed by atoms with Crippen molar-refractivity contribution in [2.75, 3.05) is 0 Å². The standard InChI is InChI=1S/C26H19N5O3S.Na/c32-35(33,34)22-16-14-21(15-17-22)29-28-19-10-12-20(13-11-19)30-31-26-23-8-4-5-9-24(23)27-25(26)18-6-2-1-3-7-18;/h1-17,27H,(H,32,33,34);/q;+1/p-1. The van der Waals surface area contributed by atoms with Crippen LogP contribution in [0.5, 0.6) is 0 Å². The zero-order valence-electron chi connectivity index (χ0n) is 19.2. The first-order chi connectivity index (χ1) is 17.0. The Morgan fingerprint density at radius 3 is 1.69 bits per heavy atom. The fourth-order valence-corrected chi connectivity index (χ4v) is 4.00. The number of aromatic nitrogens is 1. The zero-order chi connectivity index (χ0) is 24.3. The SMILES string of the molecule is O=S(=O)([O-])c1ccc(N=Nc2ccc(N=Nc3c(-c4ccccc4)[nH]c4ccccc34)cc2)cc1.[Na+]. The molecule has 1 N–H and O–H groups in total. The molecule has 8 nitrogen and oxygen atoms in total. The number of nitrogens with zero attached hydrogens (tertiary/aromatic N) is 4. The van der Waals surface area contributed by atoms with Crippen LogP contribution in [0.1, 0.15) is 0 Å². The van der Waals surface area contributed by atoms with E-state index in [1.807, 2.05) is 54.6 Å². The zero-order valence-corrected chi connectivity index (χ0v) is 22.1. The third-order valence-electron chi connectivity index (χ3n) is 5.26. The van der Waals surface area contributed by atoms with Crippen molar-refractivity contribution in [3.05, 3.63) is 103 Å². The number of H-pyrrole nitrogens is 1. The molecule has 5 rings (SSSR count). The van der Waals surface area contributed by atoms with Crippen LogP contribution >= 0.6 is 0 Å². The van der Waals surface area contributed by atoms with Gasteiger partial charge in [-0.15, -0.1) is 5.11 Å². The molecule has 1 aromatic heterocycles. The van der Waals surface area contributed by atoms with Crippen LogP contribution < -0.4 is 29.6 Å². The fraction of sp³-hybridized carbons (Fsp3) is 0. The second-order valence-corrected chi connectivity index (χ2v) is 9.00. The molecule has 0 saturated heterocycles. The van der Waals surface area contributed by atoms with Gasteiger partial charge in [0.1, 0.15) is 15.8 Å². The molecule has 0 aliphatic rings. The minimum absolute atomic E-state index is 0. The molecule has 0 fully saturated rings. The molecule has 5 aromatic rings. The molecule has 0 amide bonds. The van der Waals surface area contributed by atoms with Gasteiger partial charge in [-0.25, -0.2) is 8.42 Å². The Morgan fingerprint density at radius 1 is 0.611 bits per heavy atom. The summed E-state index contributed by atoms with van der Waals surface area (Å²) in [5.74, 6) is 0. The number of nitrogens with one attached hydrogen (secondary N) is 1. The Bertz CT molecular complexity index is 1650. The molecule has 10 heteroatoms. The van der Waals surface area contributed by atoms with Gasteiger partial charge in [-0.3, -0.25) is 0 Å². The number of hydrogen-bond acceptors (Lipinski definition) is 7. The predicted molar refractivity (Wildman–Crippen MR) is 133 cm³/mol. The van der Waals surface area contributed by atoms with Gasteiger partial charge in [-0.2, -0.15) is 15.3 Å². The van der Waals surface area contributed by atoms with Crippen LogP contribution in [0, 0.1) is 0 Å². The van der Waals surface area contributed by atoms with Crippen LogP contribution in [-0.2, 0) is 10.1 Å². The van der Waals surface area contributed by atoms with E-state index in [2.05, 4.69) is 25.4 Å². The van der Waals surface area contributed by atoms with Gasteiger partial charge in [0.25, 0.3) is 0 Å². The number of fused-ring (bicyclic) bond motifs is 1. The molecule has 0 aliphatic heterocycles. The minimum atomic E-state index is -4.49. The Hall–Kier alpha value is -3.47. The van der Waals surface area contributed by atoms with Crippen molar-refractivity contribution >= 4 is 43.8 Å². The topological polar surface area (TPSA) is 122 Å². The monoisotopic (exact) mass is 503 g/mol. The van der Waals surface area contributed by atoms with E-state index in [1.54, 1.807) is 24.3 Å². The molecular formula is C26H18N5NaO3S. The van der Waals surface area contributed by atoms with E-state index in [-0.39, 0.29) is 34.5 Å². The molecular weight excluding hydrogens is 485 g/mol. The summed E-state index contributed by atoms with van der Waals surface area (Å²) in [6.07, 6.45) is 0. The quantitative estimate of drug-likeness (QED) is 0.207. The number of azo groups is 2. The summed E-state index contributed by atoms with van der Waals surface area (Å²) in [4.78, 5) is 3.13. The molecule has 0 aliphatic carbocycles. The van der Waals surface area contributed by atoms with Crippen LogP contribution in [0.4, 0.5) is 22.7 Å². The number of rotatable bonds is 6. The van der Waals surface area contributed by atoms with Crippen molar-refractivity contribution in [2.24, 2.45) is 20.5 Å². The molecule has 36 heavy (non-hydrogen) atoms. The average molecular weight is 504 g/mol. The molecule has 0 unspecified atom stereocenters. The van der Waals surface area contributed by atoms with Gasteiger partial charge < -0.3 is 9.54 Å². The van der Waals surface area contributed by atoms with Crippen LogP contribution in [0.15, 0.2) is 128 Å². The van der Waals surface area contributed by atoms with Gasteiger partial charge in [0.15, 0.2) is 0 Å². The Morgan fingerprint density at radius 2 is 1.11 bits per heavy atom. The van der Waals surface area contributed by atoms with Gasteiger partial charge in [0.2, 0.25) is 0 Å². The maximum absolute atomic E-state index is 11.0. The van der Waals surface area contributed by atoms with E-state index in [4.69, 9.17) is 0 Å². The minimum Gasteiger partial charge on any atom is -0.744 e. The van der Waals surface area contributed by atoms with Crippen molar-refractivity contribution in [2.45, 2.75) is 4.90 Å². The third kappa shape index (κ3) is 5.84. The summed E-state index contributed by atoms with van der Waals surface area (Å²) in [6.45, 7) is 0. The second kappa shape index (κ2) is 11.1. The Labute approximate surface area is 229 Å². The van der Waals surface area contributed by atoms with E-state index in [9.17, 15) is 13.0 Å². The maximum Gasteiger partial charge on any atom is 1.00 e. The first-order valence-electron chi connectivity index (χ1n) is 10.6. The van der Waals surface area contributed by atoms with E-state index in [1.165, 1.54) is 24.3 Å². The van der Waals surface area contributed by atoms with Crippen LogP contribution in [0.2, 0.25) is 0 Å². The predicted octanol–water partition coefficient (Wildman–Crippen LogP) is 4.57. The van der Waals surface area contributed by atoms with Crippen LogP contribution in [-0.4, -0.2) is 18.0 Å². The van der Waals surface area contributed by atoms with Crippen molar-refractivity contribution in [3.8, 4) is 11.3 Å². The Kier molecular flexibility index (Phi) is 7.88. The van der Waals surface area contributed by atoms with Gasteiger partial charge in [0.05, 0.1) is 27.7 Å². The second-order valence-electron chi connectivity index (χ2n) is 7.62. The van der Waals surface area contributed by atoms with Gasteiger partial charge in [-0.05, 0) is 54.6 Å². The molecule has 0 saturated carbocycles. The summed E-state index contributed by atoms with van der Waals surface area (Å²) in [5.41, 5.74) is 5.33. The first kappa shape index (κ1) is 25.6. The first-order valence-corrected chi connectivity index (χ1v) is 12.0. The van der Waals surface area contributed by atoms with E-state index in [0.29, 0.717) is 17.1 Å². The average Bonchev–Trinajstić information content (AvgIpc) is 3.26. The third-order valence-corrected chi connectivity index (χ3v) is 6.11. The van der Waals surface area contributed by atoms with Gasteiger partial charge in [-0.1, -0.05) is 48.5 Å². The van der Waals surface area contributed by atoms with E-state index in [0.717, 1.165) is 27.8 Å². The number of benzene rings is 4. The summed E-state index contributed by atoms with van der Waals surface area (Å²) in [5, 5.41) is 18.2. The molecule has 1 heterocycles. The normalized spacial score (nSPS) is 11.8. The number of hydrogen-bond donors (Lipinski definition) is 1. The molecule has 0 radical (unpaired) electrons. The van der Waals surface area contributed by atoms with Crippen molar-refractivity contribution in [1.82, 2.24) is 4.98 Å². The molecule has 0 atom stereocenters. The largest absolute Gasteiger partial charge is 1.00 e. The summed E-state index contributed by atoms with van der Waals surface area (Å²) in [6, 6.07) is 30.2. The fourth-order valence-electron chi connectivity index (χ4n) is 3.53. The molecule has 172 valence electrons. The maximum atomic E-state index is 11.0. The Balaban J connectivity index is 0.00000304. The molecule has 0 spiro atoms. The number of aromatic amines is 1. The smallest absolute Gasteiger partial charge is 0.744 e. The summed E-state index contributed by atoms with van der Waals surface area (Å²) >= 11 is 0.